The number of carbonyl (C=O) groups is 1. The molecule has 116 valence electrons. The Bertz CT molecular complexity index is 653. The molecule has 0 radical (unpaired) electrons. The van der Waals surface area contributed by atoms with Gasteiger partial charge in [-0.25, -0.2) is 0 Å². The summed E-state index contributed by atoms with van der Waals surface area (Å²) in [5.41, 5.74) is 3.50. The molecule has 0 fully saturated rings. The zero-order chi connectivity index (χ0) is 16.1. The first-order chi connectivity index (χ1) is 10.5. The van der Waals surface area contributed by atoms with Crippen molar-refractivity contribution >= 4 is 17.5 Å². The predicted octanol–water partition coefficient (Wildman–Crippen LogP) is 4.21. The molecule has 1 atom stereocenters. The summed E-state index contributed by atoms with van der Waals surface area (Å²) in [6.45, 7) is 6.06. The molecule has 0 aliphatic carbocycles. The van der Waals surface area contributed by atoms with Gasteiger partial charge in [-0.2, -0.15) is 0 Å². The van der Waals surface area contributed by atoms with Crippen molar-refractivity contribution < 1.29 is 9.53 Å². The summed E-state index contributed by atoms with van der Waals surface area (Å²) in [6.07, 6.45) is 0. The molecule has 2 aromatic rings. The lowest BCUT2D eigenvalue weighted by molar-refractivity contribution is -0.123. The van der Waals surface area contributed by atoms with Crippen LogP contribution in [0, 0.1) is 13.8 Å². The molecule has 0 saturated carbocycles. The van der Waals surface area contributed by atoms with Gasteiger partial charge in [0.05, 0.1) is 6.04 Å². The van der Waals surface area contributed by atoms with Crippen molar-refractivity contribution in [2.75, 3.05) is 6.61 Å². The van der Waals surface area contributed by atoms with Crippen LogP contribution in [0.15, 0.2) is 42.5 Å². The van der Waals surface area contributed by atoms with Crippen LogP contribution in [0.2, 0.25) is 5.02 Å². The van der Waals surface area contributed by atoms with Gasteiger partial charge in [0.2, 0.25) is 0 Å². The molecule has 0 spiro atoms. The second-order valence-electron chi connectivity index (χ2n) is 5.39. The summed E-state index contributed by atoms with van der Waals surface area (Å²) < 4.78 is 5.44. The van der Waals surface area contributed by atoms with Gasteiger partial charge in [-0.15, -0.1) is 0 Å². The molecule has 3 nitrogen and oxygen atoms in total. The van der Waals surface area contributed by atoms with Crippen molar-refractivity contribution in [1.82, 2.24) is 5.32 Å². The largest absolute Gasteiger partial charge is 0.484 e. The van der Waals surface area contributed by atoms with Gasteiger partial charge in [-0.3, -0.25) is 4.79 Å². The number of carbonyl (C=O) groups excluding carboxylic acids is 1. The van der Waals surface area contributed by atoms with Crippen molar-refractivity contribution in [3.8, 4) is 5.75 Å². The van der Waals surface area contributed by atoms with E-state index in [1.54, 1.807) is 24.3 Å². The summed E-state index contributed by atoms with van der Waals surface area (Å²) in [5.74, 6) is 0.473. The number of rotatable bonds is 5. The second kappa shape index (κ2) is 7.32. The average molecular weight is 318 g/mol. The van der Waals surface area contributed by atoms with Crippen LogP contribution in [-0.4, -0.2) is 12.5 Å². The molecule has 0 aliphatic rings. The number of aryl methyl sites for hydroxylation is 2. The van der Waals surface area contributed by atoms with Crippen molar-refractivity contribution in [2.24, 2.45) is 0 Å². The number of amides is 1. The molecule has 0 bridgehead atoms. The monoisotopic (exact) mass is 317 g/mol. The molecule has 2 rings (SSSR count). The van der Waals surface area contributed by atoms with Gasteiger partial charge < -0.3 is 10.1 Å². The summed E-state index contributed by atoms with van der Waals surface area (Å²) >= 11 is 5.80. The molecule has 22 heavy (non-hydrogen) atoms. The zero-order valence-corrected chi connectivity index (χ0v) is 13.8. The van der Waals surface area contributed by atoms with Crippen LogP contribution in [0.3, 0.4) is 0 Å². The van der Waals surface area contributed by atoms with E-state index in [0.29, 0.717) is 10.8 Å². The standard InChI is InChI=1S/C18H20ClNO2/c1-12-4-9-17(13(2)10-12)14(3)20-18(21)11-22-16-7-5-15(19)6-8-16/h4-10,14H,11H2,1-3H3,(H,20,21)/t14-/m1/s1. The van der Waals surface area contributed by atoms with Crippen LogP contribution in [0.25, 0.3) is 0 Å². The summed E-state index contributed by atoms with van der Waals surface area (Å²) in [5, 5.41) is 3.59. The number of ether oxygens (including phenoxy) is 1. The average Bonchev–Trinajstić information content (AvgIpc) is 2.46. The van der Waals surface area contributed by atoms with Crippen molar-refractivity contribution in [3.63, 3.8) is 0 Å². The molecule has 0 aromatic heterocycles. The Kier molecular flexibility index (Phi) is 5.45. The van der Waals surface area contributed by atoms with Gasteiger partial charge in [0.1, 0.15) is 5.75 Å². The minimum absolute atomic E-state index is 0.0170. The van der Waals surface area contributed by atoms with Crippen LogP contribution in [0.5, 0.6) is 5.75 Å². The quantitative estimate of drug-likeness (QED) is 0.897. The van der Waals surface area contributed by atoms with E-state index in [-0.39, 0.29) is 18.6 Å². The van der Waals surface area contributed by atoms with E-state index in [4.69, 9.17) is 16.3 Å². The van der Waals surface area contributed by atoms with Crippen LogP contribution >= 0.6 is 11.6 Å². The summed E-state index contributed by atoms with van der Waals surface area (Å²) in [6, 6.07) is 13.1. The first-order valence-corrected chi connectivity index (χ1v) is 7.58. The maximum absolute atomic E-state index is 12.0. The summed E-state index contributed by atoms with van der Waals surface area (Å²) in [4.78, 5) is 12.0. The van der Waals surface area contributed by atoms with E-state index in [1.807, 2.05) is 6.92 Å². The molecular weight excluding hydrogens is 298 g/mol. The fourth-order valence-corrected chi connectivity index (χ4v) is 2.48. The van der Waals surface area contributed by atoms with E-state index < -0.39 is 0 Å². The lowest BCUT2D eigenvalue weighted by Gasteiger charge is -2.17. The number of hydrogen-bond acceptors (Lipinski definition) is 2. The fourth-order valence-electron chi connectivity index (χ4n) is 2.35. The van der Waals surface area contributed by atoms with Gasteiger partial charge >= 0.3 is 0 Å². The Balaban J connectivity index is 1.89. The first-order valence-electron chi connectivity index (χ1n) is 7.20. The SMILES string of the molecule is Cc1ccc([C@@H](C)NC(=O)COc2ccc(Cl)cc2)c(C)c1. The highest BCUT2D eigenvalue weighted by Gasteiger charge is 2.12. The Hall–Kier alpha value is -2.00. The first kappa shape index (κ1) is 16.4. The molecule has 1 N–H and O–H groups in total. The Labute approximate surface area is 136 Å². The molecule has 1 amide bonds. The number of halogens is 1. The third-order valence-electron chi connectivity index (χ3n) is 3.45. The fraction of sp³-hybridized carbons (Fsp3) is 0.278. The molecule has 0 heterocycles. The molecule has 0 unspecified atom stereocenters. The molecule has 0 aliphatic heterocycles. The molecule has 2 aromatic carbocycles. The lowest BCUT2D eigenvalue weighted by atomic mass is 10.0. The van der Waals surface area contributed by atoms with Crippen LogP contribution in [-0.2, 0) is 4.79 Å². The topological polar surface area (TPSA) is 38.3 Å². The zero-order valence-electron chi connectivity index (χ0n) is 13.0. The smallest absolute Gasteiger partial charge is 0.258 e. The highest BCUT2D eigenvalue weighted by atomic mass is 35.5. The highest BCUT2D eigenvalue weighted by Crippen LogP contribution is 2.19. The van der Waals surface area contributed by atoms with Crippen molar-refractivity contribution in [2.45, 2.75) is 26.8 Å². The maximum Gasteiger partial charge on any atom is 0.258 e. The van der Waals surface area contributed by atoms with Crippen molar-refractivity contribution in [1.29, 1.82) is 0 Å². The van der Waals surface area contributed by atoms with E-state index in [1.165, 1.54) is 11.1 Å². The predicted molar refractivity (Wildman–Crippen MR) is 89.4 cm³/mol. The van der Waals surface area contributed by atoms with Gasteiger partial charge in [-0.05, 0) is 56.2 Å². The Morgan fingerprint density at radius 3 is 2.50 bits per heavy atom. The normalized spacial score (nSPS) is 11.8. The van der Waals surface area contributed by atoms with Gasteiger partial charge in [-0.1, -0.05) is 35.4 Å². The number of nitrogens with one attached hydrogen (secondary N) is 1. The van der Waals surface area contributed by atoms with Crippen molar-refractivity contribution in [3.05, 3.63) is 64.2 Å². The molecule has 4 heteroatoms. The second-order valence-corrected chi connectivity index (χ2v) is 5.83. The number of benzene rings is 2. The lowest BCUT2D eigenvalue weighted by Crippen LogP contribution is -2.31. The van der Waals surface area contributed by atoms with Crippen LogP contribution in [0.1, 0.15) is 29.7 Å². The van der Waals surface area contributed by atoms with Crippen LogP contribution in [0.4, 0.5) is 0 Å². The third kappa shape index (κ3) is 4.50. The van der Waals surface area contributed by atoms with Gasteiger partial charge in [0, 0.05) is 5.02 Å². The third-order valence-corrected chi connectivity index (χ3v) is 3.70. The molecular formula is C18H20ClNO2. The Morgan fingerprint density at radius 1 is 1.18 bits per heavy atom. The Morgan fingerprint density at radius 2 is 1.86 bits per heavy atom. The maximum atomic E-state index is 12.0. The van der Waals surface area contributed by atoms with E-state index in [0.717, 1.165) is 5.56 Å². The summed E-state index contributed by atoms with van der Waals surface area (Å²) in [7, 11) is 0. The van der Waals surface area contributed by atoms with Gasteiger partial charge in [0.15, 0.2) is 6.61 Å². The number of hydrogen-bond donors (Lipinski definition) is 1. The molecule has 0 saturated heterocycles. The minimum Gasteiger partial charge on any atom is -0.484 e. The van der Waals surface area contributed by atoms with E-state index in [2.05, 4.69) is 37.4 Å². The highest BCUT2D eigenvalue weighted by molar-refractivity contribution is 6.30. The van der Waals surface area contributed by atoms with Gasteiger partial charge in [0.25, 0.3) is 5.91 Å². The van der Waals surface area contributed by atoms with Crippen LogP contribution < -0.4 is 10.1 Å². The minimum atomic E-state index is -0.151. The van der Waals surface area contributed by atoms with E-state index in [9.17, 15) is 4.79 Å². The van der Waals surface area contributed by atoms with E-state index >= 15 is 0 Å².